The molecular formula is C22H18Cl2N2O4S. The Labute approximate surface area is 190 Å². The van der Waals surface area contributed by atoms with Crippen LogP contribution in [0.2, 0.25) is 10.0 Å². The molecule has 0 aromatic heterocycles. The van der Waals surface area contributed by atoms with Gasteiger partial charge in [-0.25, -0.2) is 8.42 Å². The van der Waals surface area contributed by atoms with Gasteiger partial charge in [0.15, 0.2) is 6.61 Å². The Morgan fingerprint density at radius 1 is 1.00 bits per heavy atom. The lowest BCUT2D eigenvalue weighted by atomic mass is 10.2. The quantitative estimate of drug-likeness (QED) is 0.556. The van der Waals surface area contributed by atoms with Crippen molar-refractivity contribution in [2.75, 3.05) is 22.8 Å². The molecule has 1 N–H and O–H groups in total. The summed E-state index contributed by atoms with van der Waals surface area (Å²) in [6.07, 6.45) is 0.685. The third-order valence-corrected chi connectivity index (χ3v) is 7.40. The normalized spacial score (nSPS) is 13.0. The van der Waals surface area contributed by atoms with Crippen LogP contribution in [0.1, 0.15) is 5.56 Å². The number of amides is 1. The fraction of sp³-hybridized carbons (Fsp3) is 0.136. The number of sulfonamides is 1. The predicted molar refractivity (Wildman–Crippen MR) is 122 cm³/mol. The minimum atomic E-state index is -3.67. The third-order valence-electron chi connectivity index (χ3n) is 4.83. The maximum Gasteiger partial charge on any atom is 0.264 e. The van der Waals surface area contributed by atoms with E-state index >= 15 is 0 Å². The van der Waals surface area contributed by atoms with Crippen LogP contribution in [-0.2, 0) is 21.2 Å². The molecule has 0 atom stereocenters. The number of ether oxygens (including phenoxy) is 1. The molecule has 3 aromatic rings. The third kappa shape index (κ3) is 4.63. The molecule has 0 bridgehead atoms. The molecule has 1 amide bonds. The summed E-state index contributed by atoms with van der Waals surface area (Å²) in [6.45, 7) is 0.167. The van der Waals surface area contributed by atoms with Crippen LogP contribution in [0.15, 0.2) is 71.6 Å². The van der Waals surface area contributed by atoms with Crippen LogP contribution in [-0.4, -0.2) is 27.5 Å². The Morgan fingerprint density at radius 2 is 1.74 bits per heavy atom. The SMILES string of the molecule is O=C(COc1ccc(S(=O)(=O)N2CCc3ccccc32)cc1)Nc1ccc(Cl)c(Cl)c1. The van der Waals surface area contributed by atoms with Gasteiger partial charge in [0.05, 0.1) is 20.6 Å². The zero-order chi connectivity index (χ0) is 22.0. The summed E-state index contributed by atoms with van der Waals surface area (Å²) in [5, 5.41) is 3.38. The van der Waals surface area contributed by atoms with E-state index in [9.17, 15) is 13.2 Å². The molecule has 1 aliphatic heterocycles. The van der Waals surface area contributed by atoms with Gasteiger partial charge in [0.2, 0.25) is 0 Å². The highest BCUT2D eigenvalue weighted by molar-refractivity contribution is 7.92. The first kappa shape index (κ1) is 21.5. The zero-order valence-corrected chi connectivity index (χ0v) is 18.5. The summed E-state index contributed by atoms with van der Waals surface area (Å²) in [6, 6.07) is 18.2. The molecule has 0 saturated heterocycles. The summed E-state index contributed by atoms with van der Waals surface area (Å²) < 4.78 is 32.9. The Hall–Kier alpha value is -2.74. The van der Waals surface area contributed by atoms with Gasteiger partial charge in [-0.3, -0.25) is 9.10 Å². The maximum absolute atomic E-state index is 13.0. The first-order chi connectivity index (χ1) is 14.8. The minimum Gasteiger partial charge on any atom is -0.484 e. The minimum absolute atomic E-state index is 0.164. The van der Waals surface area contributed by atoms with E-state index in [-0.39, 0.29) is 17.4 Å². The van der Waals surface area contributed by atoms with Crippen LogP contribution in [0.4, 0.5) is 11.4 Å². The van der Waals surface area contributed by atoms with Crippen LogP contribution in [0.25, 0.3) is 0 Å². The lowest BCUT2D eigenvalue weighted by Crippen LogP contribution is -2.29. The van der Waals surface area contributed by atoms with Crippen LogP contribution >= 0.6 is 23.2 Å². The number of nitrogens with one attached hydrogen (secondary N) is 1. The summed E-state index contributed by atoms with van der Waals surface area (Å²) in [7, 11) is -3.67. The molecular weight excluding hydrogens is 459 g/mol. The number of para-hydroxylation sites is 1. The largest absolute Gasteiger partial charge is 0.484 e. The molecule has 4 rings (SSSR count). The fourth-order valence-corrected chi connectivity index (χ4v) is 5.11. The fourth-order valence-electron chi connectivity index (χ4n) is 3.31. The second kappa shape index (κ2) is 8.78. The molecule has 0 aliphatic carbocycles. The zero-order valence-electron chi connectivity index (χ0n) is 16.2. The summed E-state index contributed by atoms with van der Waals surface area (Å²) in [5.41, 5.74) is 2.22. The van der Waals surface area contributed by atoms with E-state index in [4.69, 9.17) is 27.9 Å². The second-order valence-corrected chi connectivity index (χ2v) is 9.57. The van der Waals surface area contributed by atoms with Crippen LogP contribution in [0.5, 0.6) is 5.75 Å². The highest BCUT2D eigenvalue weighted by atomic mass is 35.5. The average molecular weight is 477 g/mol. The summed E-state index contributed by atoms with van der Waals surface area (Å²) in [4.78, 5) is 12.2. The number of hydrogen-bond donors (Lipinski definition) is 1. The van der Waals surface area contributed by atoms with Gasteiger partial charge < -0.3 is 10.1 Å². The molecule has 6 nitrogen and oxygen atoms in total. The van der Waals surface area contributed by atoms with E-state index in [0.29, 0.717) is 40.1 Å². The first-order valence-corrected chi connectivity index (χ1v) is 11.6. The molecule has 0 saturated carbocycles. The van der Waals surface area contributed by atoms with Crippen LogP contribution in [0.3, 0.4) is 0 Å². The van der Waals surface area contributed by atoms with Crippen LogP contribution in [0, 0.1) is 0 Å². The molecule has 3 aromatic carbocycles. The molecule has 1 heterocycles. The lowest BCUT2D eigenvalue weighted by Gasteiger charge is -2.19. The van der Waals surface area contributed by atoms with Gasteiger partial charge in [-0.2, -0.15) is 0 Å². The molecule has 0 unspecified atom stereocenters. The number of benzene rings is 3. The van der Waals surface area contributed by atoms with Crippen molar-refractivity contribution >= 4 is 50.5 Å². The van der Waals surface area contributed by atoms with Gasteiger partial charge in [-0.1, -0.05) is 41.4 Å². The number of fused-ring (bicyclic) bond motifs is 1. The Kier molecular flexibility index (Phi) is 6.09. The van der Waals surface area contributed by atoms with E-state index in [1.807, 2.05) is 24.3 Å². The van der Waals surface area contributed by atoms with Crippen molar-refractivity contribution in [1.82, 2.24) is 0 Å². The summed E-state index contributed by atoms with van der Waals surface area (Å²) >= 11 is 11.8. The standard InChI is InChI=1S/C22H18Cl2N2O4S/c23-19-10-5-16(13-20(19)24)25-22(27)14-30-17-6-8-18(9-7-17)31(28,29)26-12-11-15-3-1-2-4-21(15)26/h1-10,13H,11-12,14H2,(H,25,27). The number of carbonyl (C=O) groups excluding carboxylic acids is 1. The highest BCUT2D eigenvalue weighted by Crippen LogP contribution is 2.33. The molecule has 0 fully saturated rings. The number of halogens is 2. The van der Waals surface area contributed by atoms with Crippen molar-refractivity contribution in [2.24, 2.45) is 0 Å². The highest BCUT2D eigenvalue weighted by Gasteiger charge is 2.30. The predicted octanol–water partition coefficient (Wildman–Crippen LogP) is 4.76. The molecule has 160 valence electrons. The number of anilines is 2. The lowest BCUT2D eigenvalue weighted by molar-refractivity contribution is -0.118. The van der Waals surface area contributed by atoms with E-state index in [1.165, 1.54) is 34.6 Å². The van der Waals surface area contributed by atoms with Crippen molar-refractivity contribution in [3.63, 3.8) is 0 Å². The number of nitrogens with zero attached hydrogens (tertiary/aromatic N) is 1. The van der Waals surface area contributed by atoms with Gasteiger partial charge in [0.1, 0.15) is 5.75 Å². The number of rotatable bonds is 6. The van der Waals surface area contributed by atoms with Gasteiger partial charge in [0, 0.05) is 12.2 Å². The van der Waals surface area contributed by atoms with Crippen molar-refractivity contribution in [2.45, 2.75) is 11.3 Å². The Bertz CT molecular complexity index is 1230. The maximum atomic E-state index is 13.0. The monoisotopic (exact) mass is 476 g/mol. The molecule has 0 spiro atoms. The van der Waals surface area contributed by atoms with Gasteiger partial charge in [-0.05, 0) is 60.5 Å². The van der Waals surface area contributed by atoms with Gasteiger partial charge >= 0.3 is 0 Å². The van der Waals surface area contributed by atoms with Gasteiger partial charge in [0.25, 0.3) is 15.9 Å². The smallest absolute Gasteiger partial charge is 0.264 e. The van der Waals surface area contributed by atoms with E-state index in [0.717, 1.165) is 5.56 Å². The van der Waals surface area contributed by atoms with Crippen molar-refractivity contribution in [1.29, 1.82) is 0 Å². The first-order valence-electron chi connectivity index (χ1n) is 9.43. The number of hydrogen-bond acceptors (Lipinski definition) is 4. The van der Waals surface area contributed by atoms with E-state index in [2.05, 4.69) is 5.32 Å². The van der Waals surface area contributed by atoms with Crippen molar-refractivity contribution in [3.8, 4) is 5.75 Å². The van der Waals surface area contributed by atoms with E-state index < -0.39 is 10.0 Å². The Morgan fingerprint density at radius 3 is 2.48 bits per heavy atom. The second-order valence-electron chi connectivity index (χ2n) is 6.89. The average Bonchev–Trinajstić information content (AvgIpc) is 3.20. The summed E-state index contributed by atoms with van der Waals surface area (Å²) in [5.74, 6) is -0.00572. The molecule has 9 heteroatoms. The van der Waals surface area contributed by atoms with E-state index in [1.54, 1.807) is 12.1 Å². The molecule has 31 heavy (non-hydrogen) atoms. The van der Waals surface area contributed by atoms with Crippen molar-refractivity contribution < 1.29 is 17.9 Å². The van der Waals surface area contributed by atoms with Crippen molar-refractivity contribution in [3.05, 3.63) is 82.3 Å². The Balaban J connectivity index is 1.39. The molecule has 1 aliphatic rings. The molecule has 0 radical (unpaired) electrons. The topological polar surface area (TPSA) is 75.7 Å². The van der Waals surface area contributed by atoms with Gasteiger partial charge in [-0.15, -0.1) is 0 Å². The van der Waals surface area contributed by atoms with Crippen LogP contribution < -0.4 is 14.4 Å². The number of carbonyl (C=O) groups is 1.